The number of nitrogens with one attached hydrogen (secondary N) is 2. The van der Waals surface area contributed by atoms with Gasteiger partial charge in [-0.2, -0.15) is 0 Å². The molecule has 84 valence electrons. The molecule has 0 bridgehead atoms. The summed E-state index contributed by atoms with van der Waals surface area (Å²) in [6.07, 6.45) is 0. The molecule has 0 unspecified atom stereocenters. The Morgan fingerprint density at radius 2 is 2.40 bits per heavy atom. The molecule has 0 radical (unpaired) electrons. The minimum Gasteiger partial charge on any atom is -0.394 e. The quantitative estimate of drug-likeness (QED) is 0.554. The van der Waals surface area contributed by atoms with E-state index in [-0.39, 0.29) is 12.2 Å². The lowest BCUT2D eigenvalue weighted by atomic mass is 10.4. The largest absolute Gasteiger partial charge is 0.394 e. The van der Waals surface area contributed by atoms with Crippen molar-refractivity contribution in [1.29, 1.82) is 0 Å². The standard InChI is InChI=1S/C9H15N3O3/c1-7-6-8(14)12-9(11-7)10-2-4-15-5-3-13/h6,13H,2-5H2,1H3,(H2,10,11,12,14). The number of nitrogens with zero attached hydrogens (tertiary/aromatic N) is 1. The van der Waals surface area contributed by atoms with Gasteiger partial charge in [0.25, 0.3) is 5.56 Å². The molecule has 15 heavy (non-hydrogen) atoms. The zero-order valence-electron chi connectivity index (χ0n) is 8.62. The lowest BCUT2D eigenvalue weighted by molar-refractivity contribution is 0.0991. The van der Waals surface area contributed by atoms with Gasteiger partial charge in [0.05, 0.1) is 19.8 Å². The Morgan fingerprint density at radius 1 is 1.60 bits per heavy atom. The minimum absolute atomic E-state index is 0.0134. The average molecular weight is 213 g/mol. The number of aryl methyl sites for hydroxylation is 1. The van der Waals surface area contributed by atoms with Crippen molar-refractivity contribution in [2.24, 2.45) is 0 Å². The summed E-state index contributed by atoms with van der Waals surface area (Å²) < 4.78 is 5.03. The van der Waals surface area contributed by atoms with E-state index in [1.54, 1.807) is 6.92 Å². The molecule has 6 heteroatoms. The van der Waals surface area contributed by atoms with E-state index < -0.39 is 0 Å². The smallest absolute Gasteiger partial charge is 0.252 e. The second-order valence-corrected chi connectivity index (χ2v) is 3.00. The summed E-state index contributed by atoms with van der Waals surface area (Å²) in [6, 6.07) is 1.42. The van der Waals surface area contributed by atoms with Crippen LogP contribution in [0.3, 0.4) is 0 Å². The van der Waals surface area contributed by atoms with Crippen LogP contribution in [0.25, 0.3) is 0 Å². The first-order chi connectivity index (χ1) is 7.22. The molecule has 0 saturated heterocycles. The molecule has 0 aliphatic rings. The van der Waals surface area contributed by atoms with Crippen LogP contribution < -0.4 is 10.9 Å². The Hall–Kier alpha value is -1.40. The highest BCUT2D eigenvalue weighted by Gasteiger charge is 1.96. The van der Waals surface area contributed by atoms with Crippen LogP contribution in [0.15, 0.2) is 10.9 Å². The number of aromatic amines is 1. The van der Waals surface area contributed by atoms with Gasteiger partial charge in [-0.3, -0.25) is 9.78 Å². The van der Waals surface area contributed by atoms with E-state index in [0.29, 0.717) is 31.4 Å². The number of aliphatic hydroxyl groups excluding tert-OH is 1. The normalized spacial score (nSPS) is 10.3. The second-order valence-electron chi connectivity index (χ2n) is 3.00. The highest BCUT2D eigenvalue weighted by Crippen LogP contribution is 1.94. The fourth-order valence-corrected chi connectivity index (χ4v) is 1.07. The molecule has 1 heterocycles. The van der Waals surface area contributed by atoms with Crippen LogP contribution in [0.4, 0.5) is 5.95 Å². The maximum absolute atomic E-state index is 11.0. The number of aliphatic hydroxyl groups is 1. The molecule has 0 spiro atoms. The summed E-state index contributed by atoms with van der Waals surface area (Å²) in [5.41, 5.74) is 0.485. The Kier molecular flexibility index (Phi) is 4.79. The van der Waals surface area contributed by atoms with E-state index >= 15 is 0 Å². The zero-order valence-corrected chi connectivity index (χ0v) is 8.62. The Labute approximate surface area is 87.3 Å². The summed E-state index contributed by atoms with van der Waals surface area (Å²) in [5.74, 6) is 0.438. The molecule has 0 aromatic carbocycles. The number of ether oxygens (including phenoxy) is 1. The zero-order chi connectivity index (χ0) is 11.1. The molecule has 0 atom stereocenters. The van der Waals surface area contributed by atoms with E-state index in [1.165, 1.54) is 6.07 Å². The van der Waals surface area contributed by atoms with Crippen molar-refractivity contribution >= 4 is 5.95 Å². The van der Waals surface area contributed by atoms with Gasteiger partial charge in [0.1, 0.15) is 0 Å². The number of H-pyrrole nitrogens is 1. The van der Waals surface area contributed by atoms with E-state index in [4.69, 9.17) is 9.84 Å². The van der Waals surface area contributed by atoms with Gasteiger partial charge < -0.3 is 15.2 Å². The first-order valence-corrected chi connectivity index (χ1v) is 4.73. The molecule has 0 aliphatic carbocycles. The lowest BCUT2D eigenvalue weighted by Gasteiger charge is -2.05. The van der Waals surface area contributed by atoms with Gasteiger partial charge in [-0.1, -0.05) is 0 Å². The Balaban J connectivity index is 2.34. The van der Waals surface area contributed by atoms with Crippen LogP contribution in [-0.4, -0.2) is 41.4 Å². The second kappa shape index (κ2) is 6.15. The topological polar surface area (TPSA) is 87.2 Å². The molecule has 6 nitrogen and oxygen atoms in total. The number of anilines is 1. The number of hydrogen-bond acceptors (Lipinski definition) is 5. The van der Waals surface area contributed by atoms with E-state index in [0.717, 1.165) is 0 Å². The van der Waals surface area contributed by atoms with Crippen molar-refractivity contribution < 1.29 is 9.84 Å². The van der Waals surface area contributed by atoms with E-state index in [9.17, 15) is 4.79 Å². The van der Waals surface area contributed by atoms with Gasteiger partial charge in [0.15, 0.2) is 0 Å². The van der Waals surface area contributed by atoms with Crippen molar-refractivity contribution in [3.8, 4) is 0 Å². The van der Waals surface area contributed by atoms with Crippen molar-refractivity contribution in [1.82, 2.24) is 9.97 Å². The molecule has 0 aliphatic heterocycles. The molecule has 1 aromatic rings. The molecular formula is C9H15N3O3. The molecule has 1 rings (SSSR count). The summed E-state index contributed by atoms with van der Waals surface area (Å²) in [4.78, 5) is 17.7. The predicted octanol–water partition coefficient (Wildman–Crippen LogP) is -0.501. The fourth-order valence-electron chi connectivity index (χ4n) is 1.07. The first-order valence-electron chi connectivity index (χ1n) is 4.73. The maximum Gasteiger partial charge on any atom is 0.252 e. The fraction of sp³-hybridized carbons (Fsp3) is 0.556. The molecule has 3 N–H and O–H groups in total. The van der Waals surface area contributed by atoms with Crippen LogP contribution in [-0.2, 0) is 4.74 Å². The maximum atomic E-state index is 11.0. The van der Waals surface area contributed by atoms with Gasteiger partial charge in [-0.15, -0.1) is 0 Å². The lowest BCUT2D eigenvalue weighted by Crippen LogP contribution is -2.16. The Bertz CT molecular complexity index is 351. The van der Waals surface area contributed by atoms with Gasteiger partial charge >= 0.3 is 0 Å². The molecule has 0 fully saturated rings. The third-order valence-electron chi connectivity index (χ3n) is 1.64. The third-order valence-corrected chi connectivity index (χ3v) is 1.64. The SMILES string of the molecule is Cc1cc(=O)[nH]c(NCCOCCO)n1. The number of rotatable bonds is 6. The van der Waals surface area contributed by atoms with Crippen molar-refractivity contribution in [2.45, 2.75) is 6.92 Å². The minimum atomic E-state index is -0.179. The van der Waals surface area contributed by atoms with Crippen molar-refractivity contribution in [3.05, 3.63) is 22.1 Å². The van der Waals surface area contributed by atoms with E-state index in [2.05, 4.69) is 15.3 Å². The highest BCUT2D eigenvalue weighted by molar-refractivity contribution is 5.24. The van der Waals surface area contributed by atoms with Gasteiger partial charge in [-0.05, 0) is 6.92 Å². The van der Waals surface area contributed by atoms with Crippen LogP contribution >= 0.6 is 0 Å². The molecule has 0 amide bonds. The van der Waals surface area contributed by atoms with Gasteiger partial charge in [-0.25, -0.2) is 4.98 Å². The molecule has 1 aromatic heterocycles. The highest BCUT2D eigenvalue weighted by atomic mass is 16.5. The number of hydrogen-bond donors (Lipinski definition) is 3. The van der Waals surface area contributed by atoms with E-state index in [1.807, 2.05) is 0 Å². The summed E-state index contributed by atoms with van der Waals surface area (Å²) in [5, 5.41) is 11.4. The molecule has 0 saturated carbocycles. The summed E-state index contributed by atoms with van der Waals surface area (Å²) >= 11 is 0. The first kappa shape index (κ1) is 11.7. The van der Waals surface area contributed by atoms with Crippen LogP contribution in [0, 0.1) is 6.92 Å². The van der Waals surface area contributed by atoms with Crippen LogP contribution in [0.1, 0.15) is 5.69 Å². The van der Waals surface area contributed by atoms with Gasteiger partial charge in [0.2, 0.25) is 5.95 Å². The summed E-state index contributed by atoms with van der Waals surface area (Å²) in [7, 11) is 0. The summed E-state index contributed by atoms with van der Waals surface area (Å²) in [6.45, 7) is 3.08. The Morgan fingerprint density at radius 3 is 3.07 bits per heavy atom. The monoisotopic (exact) mass is 213 g/mol. The van der Waals surface area contributed by atoms with Crippen LogP contribution in [0.5, 0.6) is 0 Å². The predicted molar refractivity (Wildman–Crippen MR) is 56.0 cm³/mol. The third kappa shape index (κ3) is 4.57. The molecular weight excluding hydrogens is 198 g/mol. The van der Waals surface area contributed by atoms with Crippen LogP contribution in [0.2, 0.25) is 0 Å². The van der Waals surface area contributed by atoms with Crippen molar-refractivity contribution in [3.63, 3.8) is 0 Å². The van der Waals surface area contributed by atoms with Crippen molar-refractivity contribution in [2.75, 3.05) is 31.7 Å². The number of aromatic nitrogens is 2. The van der Waals surface area contributed by atoms with Gasteiger partial charge in [0, 0.05) is 18.3 Å². The average Bonchev–Trinajstić information content (AvgIpc) is 2.16.